The molecule has 0 aliphatic heterocycles. The van der Waals surface area contributed by atoms with Crippen molar-refractivity contribution in [2.45, 2.75) is 6.04 Å². The van der Waals surface area contributed by atoms with Crippen LogP contribution in [0.2, 0.25) is 0 Å². The summed E-state index contributed by atoms with van der Waals surface area (Å²) in [5.74, 6) is -3.54. The molecule has 0 heterocycles. The van der Waals surface area contributed by atoms with Crippen LogP contribution in [-0.4, -0.2) is 0 Å². The molecule has 1 atom stereocenters. The average molecular weight is 334 g/mol. The van der Waals surface area contributed by atoms with Crippen molar-refractivity contribution in [1.82, 2.24) is 0 Å². The summed E-state index contributed by atoms with van der Waals surface area (Å²) < 4.78 is 53.9. The van der Waals surface area contributed by atoms with Crippen LogP contribution < -0.4 is 5.73 Å². The van der Waals surface area contributed by atoms with Gasteiger partial charge in [-0.25, -0.2) is 17.6 Å². The van der Waals surface area contributed by atoms with Crippen LogP contribution in [0.4, 0.5) is 17.6 Å². The third kappa shape index (κ3) is 2.64. The van der Waals surface area contributed by atoms with Gasteiger partial charge in [-0.1, -0.05) is 6.07 Å². The summed E-state index contributed by atoms with van der Waals surface area (Å²) in [6.07, 6.45) is 0. The third-order valence-electron chi connectivity index (χ3n) is 2.69. The maximum absolute atomic E-state index is 13.8. The highest BCUT2D eigenvalue weighted by molar-refractivity contribution is 9.10. The topological polar surface area (TPSA) is 26.0 Å². The molecule has 2 rings (SSSR count). The fraction of sp³-hybridized carbons (Fsp3) is 0.0769. The van der Waals surface area contributed by atoms with E-state index in [1.165, 1.54) is 6.07 Å². The van der Waals surface area contributed by atoms with Crippen molar-refractivity contribution < 1.29 is 17.6 Å². The molecule has 0 radical (unpaired) electrons. The number of hydrogen-bond acceptors (Lipinski definition) is 1. The summed E-state index contributed by atoms with van der Waals surface area (Å²) in [7, 11) is 0. The number of nitrogens with two attached hydrogens (primary N) is 1. The zero-order valence-corrected chi connectivity index (χ0v) is 11.0. The van der Waals surface area contributed by atoms with Gasteiger partial charge in [0.15, 0.2) is 0 Å². The maximum atomic E-state index is 13.8. The molecular formula is C13H8BrF4N. The molecule has 0 aliphatic rings. The van der Waals surface area contributed by atoms with Crippen LogP contribution >= 0.6 is 15.9 Å². The van der Waals surface area contributed by atoms with E-state index in [-0.39, 0.29) is 10.0 Å². The van der Waals surface area contributed by atoms with Gasteiger partial charge in [-0.15, -0.1) is 0 Å². The lowest BCUT2D eigenvalue weighted by Gasteiger charge is -2.16. The molecule has 1 nitrogen and oxygen atoms in total. The second-order valence-corrected chi connectivity index (χ2v) is 4.75. The quantitative estimate of drug-likeness (QED) is 0.651. The van der Waals surface area contributed by atoms with E-state index in [1.807, 2.05) is 0 Å². The largest absolute Gasteiger partial charge is 0.320 e. The monoisotopic (exact) mass is 333 g/mol. The number of benzene rings is 2. The smallest absolute Gasteiger partial charge is 0.145 e. The summed E-state index contributed by atoms with van der Waals surface area (Å²) in [6.45, 7) is 0. The van der Waals surface area contributed by atoms with Crippen LogP contribution in [0.5, 0.6) is 0 Å². The van der Waals surface area contributed by atoms with E-state index < -0.39 is 34.9 Å². The molecule has 0 saturated carbocycles. The zero-order chi connectivity index (χ0) is 14.2. The SMILES string of the molecule is NC(c1ccc(F)cc1F)c1c(F)ccc(Br)c1F. The second-order valence-electron chi connectivity index (χ2n) is 3.90. The van der Waals surface area contributed by atoms with E-state index in [4.69, 9.17) is 5.73 Å². The molecule has 2 aromatic carbocycles. The van der Waals surface area contributed by atoms with E-state index in [1.54, 1.807) is 0 Å². The van der Waals surface area contributed by atoms with E-state index in [0.717, 1.165) is 18.2 Å². The van der Waals surface area contributed by atoms with Crippen molar-refractivity contribution >= 4 is 15.9 Å². The summed E-state index contributed by atoms with van der Waals surface area (Å²) in [5.41, 5.74) is 5.02. The summed E-state index contributed by atoms with van der Waals surface area (Å²) in [5, 5.41) is 0. The molecule has 100 valence electrons. The lowest BCUT2D eigenvalue weighted by Crippen LogP contribution is -2.17. The summed E-state index contributed by atoms with van der Waals surface area (Å²) >= 11 is 2.90. The van der Waals surface area contributed by atoms with Crippen LogP contribution in [0.3, 0.4) is 0 Å². The van der Waals surface area contributed by atoms with Crippen LogP contribution in [-0.2, 0) is 0 Å². The fourth-order valence-electron chi connectivity index (χ4n) is 1.74. The van der Waals surface area contributed by atoms with E-state index >= 15 is 0 Å². The van der Waals surface area contributed by atoms with Crippen LogP contribution in [0.15, 0.2) is 34.8 Å². The van der Waals surface area contributed by atoms with Gasteiger partial charge in [-0.05, 0) is 34.1 Å². The molecule has 6 heteroatoms. The van der Waals surface area contributed by atoms with Gasteiger partial charge in [0.1, 0.15) is 23.3 Å². The predicted molar refractivity (Wildman–Crippen MR) is 66.4 cm³/mol. The van der Waals surface area contributed by atoms with E-state index in [2.05, 4.69) is 15.9 Å². The molecule has 0 spiro atoms. The van der Waals surface area contributed by atoms with Crippen molar-refractivity contribution in [3.8, 4) is 0 Å². The lowest BCUT2D eigenvalue weighted by molar-refractivity contribution is 0.525. The first kappa shape index (κ1) is 14.0. The molecule has 0 aliphatic carbocycles. The second kappa shape index (κ2) is 5.30. The molecule has 0 amide bonds. The van der Waals surface area contributed by atoms with Gasteiger partial charge in [0.2, 0.25) is 0 Å². The molecule has 0 bridgehead atoms. The predicted octanol–water partition coefficient (Wildman–Crippen LogP) is 4.05. The van der Waals surface area contributed by atoms with Crippen LogP contribution in [0, 0.1) is 23.3 Å². The normalized spacial score (nSPS) is 12.5. The van der Waals surface area contributed by atoms with Crippen molar-refractivity contribution in [1.29, 1.82) is 0 Å². The highest BCUT2D eigenvalue weighted by Gasteiger charge is 2.22. The van der Waals surface area contributed by atoms with Gasteiger partial charge in [0, 0.05) is 17.2 Å². The molecule has 0 aromatic heterocycles. The molecular weight excluding hydrogens is 326 g/mol. The minimum atomic E-state index is -1.36. The zero-order valence-electron chi connectivity index (χ0n) is 9.43. The third-order valence-corrected chi connectivity index (χ3v) is 3.30. The highest BCUT2D eigenvalue weighted by atomic mass is 79.9. The van der Waals surface area contributed by atoms with Crippen LogP contribution in [0.1, 0.15) is 17.2 Å². The molecule has 19 heavy (non-hydrogen) atoms. The molecule has 2 N–H and O–H groups in total. The van der Waals surface area contributed by atoms with Gasteiger partial charge in [0.05, 0.1) is 10.5 Å². The minimum absolute atomic E-state index is 0.0156. The number of rotatable bonds is 2. The molecule has 1 unspecified atom stereocenters. The highest BCUT2D eigenvalue weighted by Crippen LogP contribution is 2.30. The Morgan fingerprint density at radius 2 is 1.63 bits per heavy atom. The van der Waals surface area contributed by atoms with Gasteiger partial charge in [-0.2, -0.15) is 0 Å². The Balaban J connectivity index is 2.56. The molecule has 0 fully saturated rings. The minimum Gasteiger partial charge on any atom is -0.320 e. The first-order valence-electron chi connectivity index (χ1n) is 5.25. The van der Waals surface area contributed by atoms with Gasteiger partial charge in [0.25, 0.3) is 0 Å². The van der Waals surface area contributed by atoms with Crippen molar-refractivity contribution in [3.05, 3.63) is 69.2 Å². The van der Waals surface area contributed by atoms with Crippen LogP contribution in [0.25, 0.3) is 0 Å². The Labute approximate surface area is 115 Å². The Morgan fingerprint density at radius 1 is 0.947 bits per heavy atom. The maximum Gasteiger partial charge on any atom is 0.145 e. The molecule has 0 saturated heterocycles. The average Bonchev–Trinajstić information content (AvgIpc) is 2.34. The Bertz CT molecular complexity index is 630. The molecule has 2 aromatic rings. The number of halogens is 5. The van der Waals surface area contributed by atoms with Crippen molar-refractivity contribution in [2.75, 3.05) is 0 Å². The summed E-state index contributed by atoms with van der Waals surface area (Å²) in [6, 6.07) is 3.49. The summed E-state index contributed by atoms with van der Waals surface area (Å²) in [4.78, 5) is 0. The standard InChI is InChI=1S/C13H8BrF4N/c14-8-3-4-9(16)11(12(8)18)13(19)7-2-1-6(15)5-10(7)17/h1-5,13H,19H2. The Morgan fingerprint density at radius 3 is 2.26 bits per heavy atom. The van der Waals surface area contributed by atoms with E-state index in [0.29, 0.717) is 6.07 Å². The Hall–Kier alpha value is -1.40. The van der Waals surface area contributed by atoms with Crippen molar-refractivity contribution in [2.24, 2.45) is 5.73 Å². The first-order chi connectivity index (χ1) is 8.91. The van der Waals surface area contributed by atoms with E-state index in [9.17, 15) is 17.6 Å². The van der Waals surface area contributed by atoms with Gasteiger partial charge in [-0.3, -0.25) is 0 Å². The van der Waals surface area contributed by atoms with Gasteiger partial charge >= 0.3 is 0 Å². The first-order valence-corrected chi connectivity index (χ1v) is 6.05. The number of hydrogen-bond donors (Lipinski definition) is 1. The fourth-order valence-corrected chi connectivity index (χ4v) is 2.08. The van der Waals surface area contributed by atoms with Gasteiger partial charge < -0.3 is 5.73 Å². The van der Waals surface area contributed by atoms with Crippen molar-refractivity contribution in [3.63, 3.8) is 0 Å². The Kier molecular flexibility index (Phi) is 3.91. The lowest BCUT2D eigenvalue weighted by atomic mass is 9.98.